The van der Waals surface area contributed by atoms with Crippen LogP contribution in [0.1, 0.15) is 33.9 Å². The second-order valence-corrected chi connectivity index (χ2v) is 9.54. The molecule has 0 spiro atoms. The Balaban J connectivity index is 1.49. The summed E-state index contributed by atoms with van der Waals surface area (Å²) in [5, 5.41) is 11.5. The zero-order valence-corrected chi connectivity index (χ0v) is 20.3. The predicted molar refractivity (Wildman–Crippen MR) is 133 cm³/mol. The van der Waals surface area contributed by atoms with Crippen LogP contribution in [-0.4, -0.2) is 56.0 Å². The van der Waals surface area contributed by atoms with Gasteiger partial charge in [-0.1, -0.05) is 47.7 Å². The molecule has 0 amide bonds. The average Bonchev–Trinajstić information content (AvgIpc) is 3.34. The minimum absolute atomic E-state index is 0.0741. The number of carbonyl (C=O) groups excluding carboxylic acids is 2. The molecule has 1 aliphatic heterocycles. The lowest BCUT2D eigenvalue weighted by molar-refractivity contribution is -0.0873. The first-order valence-corrected chi connectivity index (χ1v) is 12.1. The Morgan fingerprint density at radius 1 is 1.11 bits per heavy atom. The number of ether oxygens (including phenoxy) is 3. The molecular weight excluding hydrogens is 500 g/mol. The molecule has 190 valence electrons. The number of thiazole rings is 1. The van der Waals surface area contributed by atoms with Gasteiger partial charge in [0.05, 0.1) is 22.0 Å². The maximum atomic E-state index is 13.0. The standard InChI is InChI=1S/C25H22N4O7S/c1-25(33)17(13-34-21(30)14-8-4-2-5-9-14)35-20(18(25)36-22(31)15-10-6-3-7-11-15)29-19-16(37-24(29)32)12-27-23(26)28-19/h2-12,17-18,20,33H,13H2,1H3,(H2,26,27,28)/t17-,18+,20-,25-/m1/s1. The number of hydrogen-bond donors (Lipinski definition) is 2. The van der Waals surface area contributed by atoms with Crippen molar-refractivity contribution in [3.8, 4) is 0 Å². The molecule has 37 heavy (non-hydrogen) atoms. The summed E-state index contributed by atoms with van der Waals surface area (Å²) in [7, 11) is 0. The van der Waals surface area contributed by atoms with Gasteiger partial charge >= 0.3 is 16.8 Å². The van der Waals surface area contributed by atoms with Gasteiger partial charge in [-0.15, -0.1) is 0 Å². The van der Waals surface area contributed by atoms with Crippen molar-refractivity contribution in [2.24, 2.45) is 0 Å². The SMILES string of the molecule is C[C@@]1(O)[C@@H](COC(=O)c2ccccc2)O[C@@H](n2c(=O)sc3cnc(N)nc32)[C@@H]1OC(=O)c1ccccc1. The van der Waals surface area contributed by atoms with Gasteiger partial charge < -0.3 is 25.1 Å². The zero-order valence-electron chi connectivity index (χ0n) is 19.5. The summed E-state index contributed by atoms with van der Waals surface area (Å²) < 4.78 is 18.8. The van der Waals surface area contributed by atoms with Crippen molar-refractivity contribution in [3.05, 3.63) is 87.7 Å². The first-order valence-electron chi connectivity index (χ1n) is 11.3. The number of hydrogen-bond acceptors (Lipinski definition) is 11. The lowest BCUT2D eigenvalue weighted by atomic mass is 9.94. The Kier molecular flexibility index (Phi) is 6.46. The Bertz CT molecular complexity index is 1500. The van der Waals surface area contributed by atoms with E-state index in [-0.39, 0.29) is 23.8 Å². The minimum atomic E-state index is -1.86. The van der Waals surface area contributed by atoms with E-state index in [4.69, 9.17) is 19.9 Å². The molecule has 0 aliphatic carbocycles. The van der Waals surface area contributed by atoms with Crippen molar-refractivity contribution in [3.63, 3.8) is 0 Å². The third-order valence-electron chi connectivity index (χ3n) is 6.04. The van der Waals surface area contributed by atoms with E-state index in [0.29, 0.717) is 10.3 Å². The summed E-state index contributed by atoms with van der Waals surface area (Å²) in [6.07, 6.45) is -2.41. The number of anilines is 1. The molecule has 1 fully saturated rings. The lowest BCUT2D eigenvalue weighted by Crippen LogP contribution is -2.49. The Labute approximate surface area is 214 Å². The van der Waals surface area contributed by atoms with Gasteiger partial charge in [-0.3, -0.25) is 9.36 Å². The molecule has 5 rings (SSSR count). The molecule has 0 bridgehead atoms. The highest BCUT2D eigenvalue weighted by Gasteiger charge is 2.57. The number of benzene rings is 2. The van der Waals surface area contributed by atoms with E-state index >= 15 is 0 Å². The fraction of sp³-hybridized carbons (Fsp3) is 0.240. The molecule has 0 radical (unpaired) electrons. The summed E-state index contributed by atoms with van der Waals surface area (Å²) in [4.78, 5) is 46.0. The fourth-order valence-electron chi connectivity index (χ4n) is 4.07. The van der Waals surface area contributed by atoms with E-state index in [1.54, 1.807) is 60.7 Å². The molecule has 4 atom stereocenters. The summed E-state index contributed by atoms with van der Waals surface area (Å²) in [5.74, 6) is -1.43. The quantitative estimate of drug-likeness (QED) is 0.360. The van der Waals surface area contributed by atoms with Crippen molar-refractivity contribution in [2.45, 2.75) is 31.0 Å². The molecule has 0 unspecified atom stereocenters. The van der Waals surface area contributed by atoms with Crippen molar-refractivity contribution in [2.75, 3.05) is 12.3 Å². The molecule has 12 heteroatoms. The molecule has 4 aromatic rings. The van der Waals surface area contributed by atoms with Gasteiger partial charge in [0.1, 0.15) is 18.3 Å². The van der Waals surface area contributed by atoms with Crippen LogP contribution >= 0.6 is 11.3 Å². The topological polar surface area (TPSA) is 156 Å². The number of fused-ring (bicyclic) bond motifs is 1. The van der Waals surface area contributed by atoms with E-state index in [2.05, 4.69) is 9.97 Å². The fourth-order valence-corrected chi connectivity index (χ4v) is 4.89. The largest absolute Gasteiger partial charge is 0.459 e. The molecule has 2 aromatic heterocycles. The molecule has 1 aliphatic rings. The van der Waals surface area contributed by atoms with Crippen LogP contribution in [0.5, 0.6) is 0 Å². The summed E-state index contributed by atoms with van der Waals surface area (Å²) in [5.41, 5.74) is 4.60. The zero-order chi connectivity index (χ0) is 26.2. The van der Waals surface area contributed by atoms with Crippen LogP contribution in [0, 0.1) is 0 Å². The summed E-state index contributed by atoms with van der Waals surface area (Å²) in [6, 6.07) is 16.5. The molecule has 3 N–H and O–H groups in total. The maximum absolute atomic E-state index is 13.0. The number of aromatic nitrogens is 3. The van der Waals surface area contributed by atoms with Crippen molar-refractivity contribution in [1.29, 1.82) is 0 Å². The van der Waals surface area contributed by atoms with Crippen LogP contribution in [0.25, 0.3) is 10.3 Å². The van der Waals surface area contributed by atoms with Gasteiger partial charge in [-0.25, -0.2) is 14.6 Å². The van der Waals surface area contributed by atoms with Gasteiger partial charge in [0.15, 0.2) is 18.0 Å². The maximum Gasteiger partial charge on any atom is 0.338 e. The van der Waals surface area contributed by atoms with Gasteiger partial charge in [-0.2, -0.15) is 4.98 Å². The molecular formula is C25H22N4O7S. The second-order valence-electron chi connectivity index (χ2n) is 8.55. The number of carbonyl (C=O) groups is 2. The van der Waals surface area contributed by atoms with Crippen LogP contribution in [0.3, 0.4) is 0 Å². The highest BCUT2D eigenvalue weighted by Crippen LogP contribution is 2.40. The number of esters is 2. The first kappa shape index (κ1) is 24.6. The normalized spacial score (nSPS) is 23.1. The van der Waals surface area contributed by atoms with Crippen molar-refractivity contribution in [1.82, 2.24) is 14.5 Å². The van der Waals surface area contributed by atoms with E-state index in [9.17, 15) is 19.5 Å². The third kappa shape index (κ3) is 4.69. The third-order valence-corrected chi connectivity index (χ3v) is 6.92. The predicted octanol–water partition coefficient (Wildman–Crippen LogP) is 2.17. The highest BCUT2D eigenvalue weighted by molar-refractivity contribution is 7.16. The highest BCUT2D eigenvalue weighted by atomic mass is 32.1. The molecule has 3 heterocycles. The Morgan fingerprint density at radius 3 is 2.38 bits per heavy atom. The van der Waals surface area contributed by atoms with E-state index in [1.807, 2.05) is 0 Å². The number of nitrogen functional groups attached to an aromatic ring is 1. The average molecular weight is 523 g/mol. The second kappa shape index (κ2) is 9.73. The number of rotatable bonds is 6. The van der Waals surface area contributed by atoms with Crippen LogP contribution < -0.4 is 10.6 Å². The Morgan fingerprint density at radius 2 is 1.73 bits per heavy atom. The molecule has 0 saturated carbocycles. The Hall–Kier alpha value is -4.13. The number of nitrogens with zero attached hydrogens (tertiary/aromatic N) is 3. The van der Waals surface area contributed by atoms with Crippen LogP contribution in [0.15, 0.2) is 71.7 Å². The van der Waals surface area contributed by atoms with Gasteiger partial charge in [0, 0.05) is 0 Å². The first-order chi connectivity index (χ1) is 17.8. The van der Waals surface area contributed by atoms with E-state index < -0.39 is 40.8 Å². The van der Waals surface area contributed by atoms with Gasteiger partial charge in [-0.05, 0) is 31.2 Å². The van der Waals surface area contributed by atoms with E-state index in [0.717, 1.165) is 15.9 Å². The monoisotopic (exact) mass is 522 g/mol. The molecule has 1 saturated heterocycles. The number of nitrogens with two attached hydrogens (primary N) is 1. The van der Waals surface area contributed by atoms with Gasteiger partial charge in [0.2, 0.25) is 5.95 Å². The van der Waals surface area contributed by atoms with Crippen LogP contribution in [-0.2, 0) is 14.2 Å². The van der Waals surface area contributed by atoms with Crippen LogP contribution in [0.2, 0.25) is 0 Å². The van der Waals surface area contributed by atoms with Gasteiger partial charge in [0.25, 0.3) is 0 Å². The number of aliphatic hydroxyl groups is 1. The van der Waals surface area contributed by atoms with Crippen molar-refractivity contribution < 1.29 is 28.9 Å². The lowest BCUT2D eigenvalue weighted by Gasteiger charge is -2.29. The minimum Gasteiger partial charge on any atom is -0.459 e. The summed E-state index contributed by atoms with van der Waals surface area (Å²) >= 11 is 0.848. The summed E-state index contributed by atoms with van der Waals surface area (Å²) in [6.45, 7) is 1.02. The van der Waals surface area contributed by atoms with Crippen molar-refractivity contribution >= 4 is 39.6 Å². The smallest absolute Gasteiger partial charge is 0.338 e. The molecule has 2 aromatic carbocycles. The van der Waals surface area contributed by atoms with E-state index in [1.165, 1.54) is 13.1 Å². The molecule has 11 nitrogen and oxygen atoms in total. The van der Waals surface area contributed by atoms with Crippen LogP contribution in [0.4, 0.5) is 5.95 Å².